The minimum atomic E-state index is 0.700. The van der Waals surface area contributed by atoms with Crippen molar-refractivity contribution in [2.75, 3.05) is 27.3 Å². The van der Waals surface area contributed by atoms with E-state index in [0.29, 0.717) is 5.92 Å². The molecule has 0 fully saturated rings. The van der Waals surface area contributed by atoms with E-state index in [2.05, 4.69) is 31.3 Å². The summed E-state index contributed by atoms with van der Waals surface area (Å²) < 4.78 is 10.5. The normalized spacial score (nSPS) is 11.2. The lowest BCUT2D eigenvalue weighted by Crippen LogP contribution is -2.20. The molecule has 0 spiro atoms. The highest BCUT2D eigenvalue weighted by molar-refractivity contribution is 5.59. The molecule has 0 aliphatic heterocycles. The maximum atomic E-state index is 5.35. The summed E-state index contributed by atoms with van der Waals surface area (Å²) in [7, 11) is 3.33. The molecular formula is C16H25NO2. The minimum absolute atomic E-state index is 0.700. The Morgan fingerprint density at radius 3 is 2.63 bits per heavy atom. The fourth-order valence-electron chi connectivity index (χ4n) is 1.74. The molecule has 0 heterocycles. The molecule has 3 nitrogen and oxygen atoms in total. The monoisotopic (exact) mass is 263 g/mol. The zero-order valence-electron chi connectivity index (χ0n) is 12.4. The zero-order valence-corrected chi connectivity index (χ0v) is 12.4. The van der Waals surface area contributed by atoms with Gasteiger partial charge in [0.15, 0.2) is 0 Å². The van der Waals surface area contributed by atoms with Crippen molar-refractivity contribution in [3.8, 4) is 11.5 Å². The van der Waals surface area contributed by atoms with Gasteiger partial charge in [-0.25, -0.2) is 0 Å². The quantitative estimate of drug-likeness (QED) is 0.730. The number of nitrogens with one attached hydrogen (secondary N) is 1. The van der Waals surface area contributed by atoms with Gasteiger partial charge in [0.05, 0.1) is 14.2 Å². The molecule has 19 heavy (non-hydrogen) atoms. The number of hydrogen-bond acceptors (Lipinski definition) is 3. The number of rotatable bonds is 8. The number of hydrogen-bond donors (Lipinski definition) is 1. The molecule has 0 saturated carbocycles. The average Bonchev–Trinajstić information content (AvgIpc) is 2.42. The molecule has 3 heteroatoms. The third-order valence-electron chi connectivity index (χ3n) is 2.78. The number of methoxy groups -OCH3 is 2. The Balaban J connectivity index is 2.47. The van der Waals surface area contributed by atoms with Crippen LogP contribution in [0.15, 0.2) is 24.3 Å². The first-order chi connectivity index (χ1) is 9.17. The van der Waals surface area contributed by atoms with E-state index in [1.807, 2.05) is 18.2 Å². The van der Waals surface area contributed by atoms with E-state index in [9.17, 15) is 0 Å². The second-order valence-electron chi connectivity index (χ2n) is 4.90. The summed E-state index contributed by atoms with van der Waals surface area (Å²) in [5.41, 5.74) is 1.08. The van der Waals surface area contributed by atoms with Crippen LogP contribution >= 0.6 is 0 Å². The molecule has 0 unspecified atom stereocenters. The van der Waals surface area contributed by atoms with Crippen LogP contribution in [0.4, 0.5) is 0 Å². The Hall–Kier alpha value is -1.48. The molecule has 0 saturated heterocycles. The summed E-state index contributed by atoms with van der Waals surface area (Å²) in [6.07, 6.45) is 5.27. The van der Waals surface area contributed by atoms with Crippen LogP contribution in [0.1, 0.15) is 25.8 Å². The Kier molecular flexibility index (Phi) is 7.04. The Labute approximate surface area is 116 Å². The summed E-state index contributed by atoms with van der Waals surface area (Å²) in [5.74, 6) is 2.35. The van der Waals surface area contributed by atoms with E-state index >= 15 is 0 Å². The smallest absolute Gasteiger partial charge is 0.129 e. The van der Waals surface area contributed by atoms with Gasteiger partial charge in [-0.3, -0.25) is 0 Å². The van der Waals surface area contributed by atoms with Gasteiger partial charge in [-0.2, -0.15) is 0 Å². The van der Waals surface area contributed by atoms with Crippen LogP contribution < -0.4 is 14.8 Å². The summed E-state index contributed by atoms with van der Waals surface area (Å²) in [6, 6.07) is 5.85. The second kappa shape index (κ2) is 8.59. The molecule has 0 atom stereocenters. The first-order valence-corrected chi connectivity index (χ1v) is 6.76. The van der Waals surface area contributed by atoms with E-state index in [1.165, 1.54) is 0 Å². The van der Waals surface area contributed by atoms with E-state index in [1.54, 1.807) is 14.2 Å². The van der Waals surface area contributed by atoms with Crippen molar-refractivity contribution in [3.05, 3.63) is 29.8 Å². The highest BCUT2D eigenvalue weighted by atomic mass is 16.5. The standard InChI is InChI=1S/C16H25NO2/c1-13(2)12-17-10-6-5-7-14-8-9-15(18-3)11-16(14)19-4/h5,7-9,11,13,17H,6,10,12H2,1-4H3. The maximum Gasteiger partial charge on any atom is 0.129 e. The van der Waals surface area contributed by atoms with Crippen molar-refractivity contribution in [2.24, 2.45) is 5.92 Å². The van der Waals surface area contributed by atoms with Crippen molar-refractivity contribution >= 4 is 6.08 Å². The van der Waals surface area contributed by atoms with Crippen molar-refractivity contribution in [1.29, 1.82) is 0 Å². The van der Waals surface area contributed by atoms with Gasteiger partial charge in [0.1, 0.15) is 11.5 Å². The molecule has 1 aromatic carbocycles. The van der Waals surface area contributed by atoms with Crippen molar-refractivity contribution in [2.45, 2.75) is 20.3 Å². The Morgan fingerprint density at radius 2 is 2.00 bits per heavy atom. The lowest BCUT2D eigenvalue weighted by atomic mass is 10.1. The van der Waals surface area contributed by atoms with Gasteiger partial charge < -0.3 is 14.8 Å². The van der Waals surface area contributed by atoms with E-state index < -0.39 is 0 Å². The first-order valence-electron chi connectivity index (χ1n) is 6.76. The molecule has 106 valence electrons. The Bertz CT molecular complexity index is 400. The van der Waals surface area contributed by atoms with Crippen LogP contribution in [0.3, 0.4) is 0 Å². The van der Waals surface area contributed by atoms with Crippen LogP contribution in [0.2, 0.25) is 0 Å². The van der Waals surface area contributed by atoms with Crippen LogP contribution in [-0.2, 0) is 0 Å². The average molecular weight is 263 g/mol. The summed E-state index contributed by atoms with van der Waals surface area (Å²) in [5, 5.41) is 3.42. The molecule has 0 bridgehead atoms. The van der Waals surface area contributed by atoms with Gasteiger partial charge in [0.25, 0.3) is 0 Å². The lowest BCUT2D eigenvalue weighted by molar-refractivity contribution is 0.393. The Morgan fingerprint density at radius 1 is 1.21 bits per heavy atom. The predicted octanol–water partition coefficient (Wildman–Crippen LogP) is 3.35. The molecule has 1 N–H and O–H groups in total. The van der Waals surface area contributed by atoms with E-state index in [4.69, 9.17) is 9.47 Å². The largest absolute Gasteiger partial charge is 0.497 e. The molecule has 1 rings (SSSR count). The summed E-state index contributed by atoms with van der Waals surface area (Å²) in [4.78, 5) is 0. The lowest BCUT2D eigenvalue weighted by Gasteiger charge is -2.07. The van der Waals surface area contributed by atoms with Gasteiger partial charge in [-0.1, -0.05) is 26.0 Å². The molecule has 1 aromatic rings. The molecular weight excluding hydrogens is 238 g/mol. The molecule has 0 amide bonds. The van der Waals surface area contributed by atoms with Gasteiger partial charge in [-0.15, -0.1) is 0 Å². The zero-order chi connectivity index (χ0) is 14.1. The molecule has 0 aliphatic rings. The van der Waals surface area contributed by atoms with Crippen LogP contribution in [-0.4, -0.2) is 27.3 Å². The van der Waals surface area contributed by atoms with Crippen LogP contribution in [0.25, 0.3) is 6.08 Å². The highest BCUT2D eigenvalue weighted by Gasteiger charge is 2.01. The SMILES string of the molecule is COc1ccc(C=CCCNCC(C)C)c(OC)c1. The molecule has 0 aromatic heterocycles. The maximum absolute atomic E-state index is 5.35. The third kappa shape index (κ3) is 5.79. The van der Waals surface area contributed by atoms with Gasteiger partial charge >= 0.3 is 0 Å². The molecule has 0 radical (unpaired) electrons. The molecule has 0 aliphatic carbocycles. The highest BCUT2D eigenvalue weighted by Crippen LogP contribution is 2.25. The first kappa shape index (κ1) is 15.6. The van der Waals surface area contributed by atoms with E-state index in [-0.39, 0.29) is 0 Å². The van der Waals surface area contributed by atoms with Crippen molar-refractivity contribution in [1.82, 2.24) is 5.32 Å². The minimum Gasteiger partial charge on any atom is -0.497 e. The fraction of sp³-hybridized carbons (Fsp3) is 0.500. The number of benzene rings is 1. The predicted molar refractivity (Wildman–Crippen MR) is 80.9 cm³/mol. The third-order valence-corrected chi connectivity index (χ3v) is 2.78. The fourth-order valence-corrected chi connectivity index (χ4v) is 1.74. The van der Waals surface area contributed by atoms with Crippen LogP contribution in [0, 0.1) is 5.92 Å². The van der Waals surface area contributed by atoms with Gasteiger partial charge in [0, 0.05) is 11.6 Å². The van der Waals surface area contributed by atoms with Crippen molar-refractivity contribution < 1.29 is 9.47 Å². The summed E-state index contributed by atoms with van der Waals surface area (Å²) in [6.45, 7) is 6.50. The van der Waals surface area contributed by atoms with Crippen molar-refractivity contribution in [3.63, 3.8) is 0 Å². The van der Waals surface area contributed by atoms with Gasteiger partial charge in [0.2, 0.25) is 0 Å². The van der Waals surface area contributed by atoms with E-state index in [0.717, 1.165) is 36.6 Å². The number of ether oxygens (including phenoxy) is 2. The topological polar surface area (TPSA) is 30.5 Å². The summed E-state index contributed by atoms with van der Waals surface area (Å²) >= 11 is 0. The van der Waals surface area contributed by atoms with Gasteiger partial charge in [-0.05, 0) is 37.6 Å². The van der Waals surface area contributed by atoms with Crippen LogP contribution in [0.5, 0.6) is 11.5 Å². The second-order valence-corrected chi connectivity index (χ2v) is 4.90.